The molecule has 1 aromatic carbocycles. The van der Waals surface area contributed by atoms with Gasteiger partial charge in [0.2, 0.25) is 5.88 Å². The summed E-state index contributed by atoms with van der Waals surface area (Å²) < 4.78 is 10.9. The first-order chi connectivity index (χ1) is 15.1. The predicted octanol–water partition coefficient (Wildman–Crippen LogP) is 3.43. The average Bonchev–Trinajstić information content (AvgIpc) is 2.82. The number of aromatic nitrogens is 1. The van der Waals surface area contributed by atoms with Crippen LogP contribution in [0.25, 0.3) is 0 Å². The summed E-state index contributed by atoms with van der Waals surface area (Å²) in [6, 6.07) is 10.2. The van der Waals surface area contributed by atoms with E-state index in [9.17, 15) is 4.79 Å². The monoisotopic (exact) mass is 426 g/mol. The van der Waals surface area contributed by atoms with E-state index in [0.717, 1.165) is 55.0 Å². The Morgan fingerprint density at radius 3 is 2.52 bits per heavy atom. The van der Waals surface area contributed by atoms with Crippen molar-refractivity contribution in [3.63, 3.8) is 0 Å². The number of nitrogens with zero attached hydrogens (tertiary/aromatic N) is 3. The Morgan fingerprint density at radius 2 is 1.84 bits per heavy atom. The summed E-state index contributed by atoms with van der Waals surface area (Å²) in [7, 11) is 3.34. The second-order valence-corrected chi connectivity index (χ2v) is 7.74. The van der Waals surface area contributed by atoms with E-state index in [1.165, 1.54) is 5.56 Å². The van der Waals surface area contributed by atoms with Gasteiger partial charge in [0.1, 0.15) is 5.75 Å². The van der Waals surface area contributed by atoms with Crippen LogP contribution in [0, 0.1) is 6.92 Å². The quantitative estimate of drug-likeness (QED) is 0.655. The Kier molecular flexibility index (Phi) is 7.98. The van der Waals surface area contributed by atoms with E-state index in [-0.39, 0.29) is 6.03 Å². The van der Waals surface area contributed by atoms with E-state index in [0.29, 0.717) is 25.5 Å². The van der Waals surface area contributed by atoms with Gasteiger partial charge in [-0.15, -0.1) is 0 Å². The summed E-state index contributed by atoms with van der Waals surface area (Å²) in [6.07, 6.45) is 2.62. The first kappa shape index (κ1) is 22.7. The summed E-state index contributed by atoms with van der Waals surface area (Å²) in [5, 5.41) is 3.06. The molecule has 1 fully saturated rings. The molecule has 31 heavy (non-hydrogen) atoms. The number of ether oxygens (including phenoxy) is 2. The number of carbonyl (C=O) groups excluding carboxylic acids is 1. The molecule has 0 spiro atoms. The number of anilines is 1. The maximum atomic E-state index is 12.6. The van der Waals surface area contributed by atoms with Crippen molar-refractivity contribution in [3.8, 4) is 11.6 Å². The lowest BCUT2D eigenvalue weighted by Gasteiger charge is -2.36. The maximum Gasteiger partial charge on any atom is 0.317 e. The maximum absolute atomic E-state index is 12.6. The van der Waals surface area contributed by atoms with Gasteiger partial charge in [-0.3, -0.25) is 0 Å². The number of para-hydroxylation sites is 2. The van der Waals surface area contributed by atoms with Crippen LogP contribution >= 0.6 is 0 Å². The van der Waals surface area contributed by atoms with Gasteiger partial charge >= 0.3 is 6.03 Å². The zero-order chi connectivity index (χ0) is 22.2. The van der Waals surface area contributed by atoms with E-state index in [4.69, 9.17) is 9.47 Å². The Labute approximate surface area is 185 Å². The number of benzene rings is 1. The van der Waals surface area contributed by atoms with Gasteiger partial charge in [0.15, 0.2) is 0 Å². The molecule has 0 bridgehead atoms. The van der Waals surface area contributed by atoms with Crippen LogP contribution in [0.2, 0.25) is 0 Å². The average molecular weight is 427 g/mol. The Hall–Kier alpha value is -2.96. The largest absolute Gasteiger partial charge is 0.495 e. The van der Waals surface area contributed by atoms with Crippen molar-refractivity contribution in [1.29, 1.82) is 0 Å². The number of aryl methyl sites for hydroxylation is 3. The van der Waals surface area contributed by atoms with Crippen LogP contribution in [0.3, 0.4) is 0 Å². The van der Waals surface area contributed by atoms with Crippen molar-refractivity contribution in [3.05, 3.63) is 47.2 Å². The zero-order valence-electron chi connectivity index (χ0n) is 19.1. The predicted molar refractivity (Wildman–Crippen MR) is 123 cm³/mol. The molecule has 7 nitrogen and oxygen atoms in total. The van der Waals surface area contributed by atoms with E-state index in [2.05, 4.69) is 34.3 Å². The van der Waals surface area contributed by atoms with Crippen molar-refractivity contribution < 1.29 is 14.3 Å². The number of rotatable bonds is 8. The Balaban J connectivity index is 1.45. The first-order valence-corrected chi connectivity index (χ1v) is 11.0. The van der Waals surface area contributed by atoms with Crippen LogP contribution < -0.4 is 19.7 Å². The lowest BCUT2D eigenvalue weighted by molar-refractivity contribution is 0.194. The number of urea groups is 1. The van der Waals surface area contributed by atoms with Crippen LogP contribution in [0.1, 0.15) is 30.2 Å². The molecule has 2 heterocycles. The number of carbonyl (C=O) groups is 1. The summed E-state index contributed by atoms with van der Waals surface area (Å²) in [5.41, 5.74) is 4.44. The molecule has 0 aliphatic carbocycles. The molecule has 1 aromatic heterocycles. The Bertz CT molecular complexity index is 879. The SMILES string of the molecule is CCc1cc(CCCNC(=O)N2CCN(c3ccccc3OC)CC2)c(OC)nc1C. The first-order valence-electron chi connectivity index (χ1n) is 11.0. The molecule has 0 unspecified atom stereocenters. The van der Waals surface area contributed by atoms with Crippen molar-refractivity contribution in [2.24, 2.45) is 0 Å². The molecule has 0 saturated carbocycles. The fraction of sp³-hybridized carbons (Fsp3) is 0.500. The molecule has 7 heteroatoms. The summed E-state index contributed by atoms with van der Waals surface area (Å²) in [6.45, 7) is 7.75. The molecule has 0 radical (unpaired) electrons. The van der Waals surface area contributed by atoms with Gasteiger partial charge < -0.3 is 24.6 Å². The van der Waals surface area contributed by atoms with Crippen LogP contribution in [-0.4, -0.2) is 62.9 Å². The minimum Gasteiger partial charge on any atom is -0.495 e. The zero-order valence-corrected chi connectivity index (χ0v) is 19.1. The molecule has 1 N–H and O–H groups in total. The van der Waals surface area contributed by atoms with Crippen molar-refractivity contribution in [2.75, 3.05) is 51.8 Å². The smallest absolute Gasteiger partial charge is 0.317 e. The Morgan fingerprint density at radius 1 is 1.10 bits per heavy atom. The molecular formula is C24H34N4O3. The molecular weight excluding hydrogens is 392 g/mol. The molecule has 3 rings (SSSR count). The fourth-order valence-corrected chi connectivity index (χ4v) is 4.01. The minimum atomic E-state index is 0.00270. The third kappa shape index (κ3) is 5.60. The molecule has 168 valence electrons. The van der Waals surface area contributed by atoms with Gasteiger partial charge in [0.05, 0.1) is 19.9 Å². The van der Waals surface area contributed by atoms with Gasteiger partial charge in [-0.25, -0.2) is 9.78 Å². The topological polar surface area (TPSA) is 66.9 Å². The highest BCUT2D eigenvalue weighted by Gasteiger charge is 2.22. The van der Waals surface area contributed by atoms with E-state index in [1.807, 2.05) is 30.0 Å². The van der Waals surface area contributed by atoms with Gasteiger partial charge in [-0.05, 0) is 49.9 Å². The number of amides is 2. The second kappa shape index (κ2) is 10.9. The summed E-state index contributed by atoms with van der Waals surface area (Å²) in [4.78, 5) is 21.3. The van der Waals surface area contributed by atoms with Crippen molar-refractivity contribution >= 4 is 11.7 Å². The molecule has 2 amide bonds. The number of piperazine rings is 1. The van der Waals surface area contributed by atoms with Crippen LogP contribution in [0.5, 0.6) is 11.6 Å². The lowest BCUT2D eigenvalue weighted by Crippen LogP contribution is -2.52. The highest BCUT2D eigenvalue weighted by Crippen LogP contribution is 2.28. The second-order valence-electron chi connectivity index (χ2n) is 7.74. The molecule has 1 aliphatic rings. The van der Waals surface area contributed by atoms with Gasteiger partial charge in [0.25, 0.3) is 0 Å². The molecule has 1 aliphatic heterocycles. The van der Waals surface area contributed by atoms with Gasteiger partial charge in [-0.1, -0.05) is 19.1 Å². The minimum absolute atomic E-state index is 0.00270. The highest BCUT2D eigenvalue weighted by atomic mass is 16.5. The number of methoxy groups -OCH3 is 2. The van der Waals surface area contributed by atoms with E-state index < -0.39 is 0 Å². The van der Waals surface area contributed by atoms with Crippen molar-refractivity contribution in [2.45, 2.75) is 33.1 Å². The third-order valence-electron chi connectivity index (χ3n) is 5.82. The number of hydrogen-bond acceptors (Lipinski definition) is 5. The van der Waals surface area contributed by atoms with E-state index >= 15 is 0 Å². The fourth-order valence-electron chi connectivity index (χ4n) is 4.01. The molecule has 2 aromatic rings. The van der Waals surface area contributed by atoms with Crippen LogP contribution in [-0.2, 0) is 12.8 Å². The lowest BCUT2D eigenvalue weighted by atomic mass is 10.1. The molecule has 0 atom stereocenters. The van der Waals surface area contributed by atoms with Gasteiger partial charge in [0, 0.05) is 44.0 Å². The standard InChI is InChI=1S/C24H34N4O3/c1-5-19-17-20(23(31-4)26-18(19)2)9-8-12-25-24(29)28-15-13-27(14-16-28)21-10-6-7-11-22(21)30-3/h6-7,10-11,17H,5,8-9,12-16H2,1-4H3,(H,25,29). The van der Waals surface area contributed by atoms with Crippen LogP contribution in [0.15, 0.2) is 30.3 Å². The van der Waals surface area contributed by atoms with Gasteiger partial charge in [-0.2, -0.15) is 0 Å². The number of pyridine rings is 1. The number of nitrogens with one attached hydrogen (secondary N) is 1. The van der Waals surface area contributed by atoms with E-state index in [1.54, 1.807) is 14.2 Å². The third-order valence-corrected chi connectivity index (χ3v) is 5.82. The number of hydrogen-bond donors (Lipinski definition) is 1. The highest BCUT2D eigenvalue weighted by molar-refractivity contribution is 5.74. The van der Waals surface area contributed by atoms with Crippen LogP contribution in [0.4, 0.5) is 10.5 Å². The summed E-state index contributed by atoms with van der Waals surface area (Å²) >= 11 is 0. The summed E-state index contributed by atoms with van der Waals surface area (Å²) in [5.74, 6) is 1.56. The normalized spacial score (nSPS) is 13.8. The molecule has 1 saturated heterocycles. The van der Waals surface area contributed by atoms with Crippen molar-refractivity contribution in [1.82, 2.24) is 15.2 Å².